The topological polar surface area (TPSA) is 88.0 Å². The van der Waals surface area contributed by atoms with Crippen LogP contribution in [0.25, 0.3) is 0 Å². The van der Waals surface area contributed by atoms with Crippen LogP contribution in [0.15, 0.2) is 30.9 Å². The van der Waals surface area contributed by atoms with Crippen molar-refractivity contribution in [1.82, 2.24) is 15.0 Å². The summed E-state index contributed by atoms with van der Waals surface area (Å²) in [5.41, 5.74) is 0.787. The molecule has 0 aromatic carbocycles. The molecule has 0 aliphatic rings. The van der Waals surface area contributed by atoms with Crippen molar-refractivity contribution in [2.75, 3.05) is 5.32 Å². The molecular formula is C11H9ClN4O2. The Balaban J connectivity index is 2.11. The molecule has 2 heterocycles. The fourth-order valence-electron chi connectivity index (χ4n) is 1.30. The van der Waals surface area contributed by atoms with Crippen LogP contribution >= 0.6 is 11.6 Å². The number of hydrogen-bond donors (Lipinski definition) is 2. The van der Waals surface area contributed by atoms with E-state index in [2.05, 4.69) is 20.3 Å². The SMILES string of the molecule is O=C(O)c1cc(NCc2ccncn2)ncc1Cl. The summed E-state index contributed by atoms with van der Waals surface area (Å²) in [6.45, 7) is 0.427. The Morgan fingerprint density at radius 1 is 1.44 bits per heavy atom. The summed E-state index contributed by atoms with van der Waals surface area (Å²) < 4.78 is 0. The third-order valence-electron chi connectivity index (χ3n) is 2.18. The van der Waals surface area contributed by atoms with Crippen LogP contribution in [0, 0.1) is 0 Å². The number of anilines is 1. The lowest BCUT2D eigenvalue weighted by atomic mass is 10.2. The second-order valence-electron chi connectivity index (χ2n) is 3.41. The molecule has 0 spiro atoms. The van der Waals surface area contributed by atoms with Crippen LogP contribution in [0.5, 0.6) is 0 Å². The summed E-state index contributed by atoms with van der Waals surface area (Å²) in [6.07, 6.45) is 4.37. The molecule has 0 aliphatic heterocycles. The predicted molar refractivity (Wildman–Crippen MR) is 65.6 cm³/mol. The van der Waals surface area contributed by atoms with Crippen molar-refractivity contribution in [1.29, 1.82) is 0 Å². The van der Waals surface area contributed by atoms with Crippen molar-refractivity contribution in [2.45, 2.75) is 6.54 Å². The number of nitrogens with one attached hydrogen (secondary N) is 1. The summed E-state index contributed by atoms with van der Waals surface area (Å²) >= 11 is 5.72. The number of rotatable bonds is 4. The third-order valence-corrected chi connectivity index (χ3v) is 2.48. The van der Waals surface area contributed by atoms with E-state index in [1.165, 1.54) is 18.6 Å². The second kappa shape index (κ2) is 5.42. The number of carboxylic acids is 1. The Morgan fingerprint density at radius 3 is 2.94 bits per heavy atom. The zero-order chi connectivity index (χ0) is 13.0. The van der Waals surface area contributed by atoms with Crippen LogP contribution in [-0.2, 0) is 6.54 Å². The Kier molecular flexibility index (Phi) is 3.69. The van der Waals surface area contributed by atoms with Crippen LogP contribution in [0.4, 0.5) is 5.82 Å². The van der Waals surface area contributed by atoms with E-state index in [4.69, 9.17) is 16.7 Å². The van der Waals surface area contributed by atoms with Crippen LogP contribution < -0.4 is 5.32 Å². The number of carbonyl (C=O) groups is 1. The molecule has 2 aromatic heterocycles. The van der Waals surface area contributed by atoms with Gasteiger partial charge in [0.2, 0.25) is 0 Å². The van der Waals surface area contributed by atoms with E-state index in [0.29, 0.717) is 12.4 Å². The molecule has 0 fully saturated rings. The van der Waals surface area contributed by atoms with Crippen molar-refractivity contribution in [3.63, 3.8) is 0 Å². The van der Waals surface area contributed by atoms with Gasteiger partial charge >= 0.3 is 5.97 Å². The van der Waals surface area contributed by atoms with Crippen molar-refractivity contribution < 1.29 is 9.90 Å². The minimum atomic E-state index is -1.09. The Bertz CT molecular complexity index is 562. The van der Waals surface area contributed by atoms with Gasteiger partial charge < -0.3 is 10.4 Å². The summed E-state index contributed by atoms with van der Waals surface area (Å²) in [7, 11) is 0. The van der Waals surface area contributed by atoms with E-state index >= 15 is 0 Å². The quantitative estimate of drug-likeness (QED) is 0.876. The van der Waals surface area contributed by atoms with Crippen molar-refractivity contribution >= 4 is 23.4 Å². The number of carboxylic acid groups (broad SMARTS) is 1. The van der Waals surface area contributed by atoms with Crippen LogP contribution in [0.3, 0.4) is 0 Å². The molecule has 2 N–H and O–H groups in total. The summed E-state index contributed by atoms with van der Waals surface area (Å²) in [6, 6.07) is 3.13. The van der Waals surface area contributed by atoms with E-state index < -0.39 is 5.97 Å². The highest BCUT2D eigenvalue weighted by atomic mass is 35.5. The molecule has 0 radical (unpaired) electrons. The molecule has 2 rings (SSSR count). The molecule has 2 aromatic rings. The molecule has 0 unspecified atom stereocenters. The maximum Gasteiger partial charge on any atom is 0.337 e. The van der Waals surface area contributed by atoms with Gasteiger partial charge in [-0.25, -0.2) is 19.7 Å². The highest BCUT2D eigenvalue weighted by Crippen LogP contribution is 2.18. The Hall–Kier alpha value is -2.21. The van der Waals surface area contributed by atoms with E-state index in [0.717, 1.165) is 5.69 Å². The average Bonchev–Trinajstić information content (AvgIpc) is 2.38. The fourth-order valence-corrected chi connectivity index (χ4v) is 1.49. The first-order valence-corrected chi connectivity index (χ1v) is 5.42. The smallest absolute Gasteiger partial charge is 0.337 e. The molecule has 0 saturated heterocycles. The summed E-state index contributed by atoms with van der Waals surface area (Å²) in [5.74, 6) is -0.664. The average molecular weight is 265 g/mol. The molecule has 0 atom stereocenters. The monoisotopic (exact) mass is 264 g/mol. The lowest BCUT2D eigenvalue weighted by Gasteiger charge is -2.06. The lowest BCUT2D eigenvalue weighted by Crippen LogP contribution is -2.05. The number of aromatic carboxylic acids is 1. The summed E-state index contributed by atoms with van der Waals surface area (Å²) in [5, 5.41) is 12.0. The Labute approximate surface area is 108 Å². The molecule has 6 nitrogen and oxygen atoms in total. The lowest BCUT2D eigenvalue weighted by molar-refractivity contribution is 0.0697. The van der Waals surface area contributed by atoms with E-state index in [1.807, 2.05) is 0 Å². The number of hydrogen-bond acceptors (Lipinski definition) is 5. The molecule has 7 heteroatoms. The zero-order valence-corrected chi connectivity index (χ0v) is 9.92. The normalized spacial score (nSPS) is 10.1. The van der Waals surface area contributed by atoms with Crippen molar-refractivity contribution in [3.8, 4) is 0 Å². The minimum absolute atomic E-state index is 0.0110. The van der Waals surface area contributed by atoms with Crippen LogP contribution in [0.2, 0.25) is 5.02 Å². The largest absolute Gasteiger partial charge is 0.478 e. The highest BCUT2D eigenvalue weighted by molar-refractivity contribution is 6.33. The fraction of sp³-hybridized carbons (Fsp3) is 0.0909. The highest BCUT2D eigenvalue weighted by Gasteiger charge is 2.10. The van der Waals surface area contributed by atoms with Gasteiger partial charge in [0.15, 0.2) is 0 Å². The van der Waals surface area contributed by atoms with Gasteiger partial charge in [0, 0.05) is 12.4 Å². The number of pyridine rings is 1. The molecule has 0 saturated carbocycles. The van der Waals surface area contributed by atoms with Gasteiger partial charge in [-0.2, -0.15) is 0 Å². The van der Waals surface area contributed by atoms with Gasteiger partial charge in [0.1, 0.15) is 12.1 Å². The van der Waals surface area contributed by atoms with Gasteiger partial charge in [-0.15, -0.1) is 0 Å². The molecular weight excluding hydrogens is 256 g/mol. The molecule has 92 valence electrons. The van der Waals surface area contributed by atoms with Gasteiger partial charge in [-0.1, -0.05) is 11.6 Å². The minimum Gasteiger partial charge on any atom is -0.478 e. The third kappa shape index (κ3) is 2.92. The first kappa shape index (κ1) is 12.3. The van der Waals surface area contributed by atoms with Crippen LogP contribution in [-0.4, -0.2) is 26.0 Å². The Morgan fingerprint density at radius 2 is 2.28 bits per heavy atom. The van der Waals surface area contributed by atoms with E-state index in [1.54, 1.807) is 12.3 Å². The standard InChI is InChI=1S/C11H9ClN4O2/c12-9-5-15-10(3-8(9)11(17)18)14-4-7-1-2-13-6-16-7/h1-3,5-6H,4H2,(H,14,15)(H,17,18). The second-order valence-corrected chi connectivity index (χ2v) is 3.82. The molecule has 0 amide bonds. The van der Waals surface area contributed by atoms with Crippen LogP contribution in [0.1, 0.15) is 16.1 Å². The predicted octanol–water partition coefficient (Wildman–Crippen LogP) is 1.84. The van der Waals surface area contributed by atoms with Crippen molar-refractivity contribution in [2.24, 2.45) is 0 Å². The van der Waals surface area contributed by atoms with Gasteiger partial charge in [0.25, 0.3) is 0 Å². The zero-order valence-electron chi connectivity index (χ0n) is 9.17. The van der Waals surface area contributed by atoms with Gasteiger partial charge in [-0.05, 0) is 12.1 Å². The summed E-state index contributed by atoms with van der Waals surface area (Å²) in [4.78, 5) is 22.7. The van der Waals surface area contributed by atoms with Gasteiger partial charge in [-0.3, -0.25) is 0 Å². The maximum absolute atomic E-state index is 10.9. The number of halogens is 1. The molecule has 18 heavy (non-hydrogen) atoms. The van der Waals surface area contributed by atoms with Gasteiger partial charge in [0.05, 0.1) is 22.8 Å². The van der Waals surface area contributed by atoms with E-state index in [-0.39, 0.29) is 10.6 Å². The van der Waals surface area contributed by atoms with E-state index in [9.17, 15) is 4.79 Å². The van der Waals surface area contributed by atoms with Crippen molar-refractivity contribution in [3.05, 3.63) is 47.1 Å². The number of aromatic nitrogens is 3. The molecule has 0 aliphatic carbocycles. The maximum atomic E-state index is 10.9. The first-order chi connectivity index (χ1) is 8.66. The first-order valence-electron chi connectivity index (χ1n) is 5.04. The molecule has 0 bridgehead atoms. The number of nitrogens with zero attached hydrogens (tertiary/aromatic N) is 3.